The number of hydrogen-bond donors (Lipinski definition) is 1. The Morgan fingerprint density at radius 2 is 2.05 bits per heavy atom. The first kappa shape index (κ1) is 15.9. The van der Waals surface area contributed by atoms with Gasteiger partial charge in [-0.2, -0.15) is 4.37 Å². The molecule has 0 aliphatic carbocycles. The summed E-state index contributed by atoms with van der Waals surface area (Å²) in [5.41, 5.74) is 0.612. The predicted octanol–water partition coefficient (Wildman–Crippen LogP) is 3.90. The van der Waals surface area contributed by atoms with Gasteiger partial charge in [-0.3, -0.25) is 4.79 Å². The summed E-state index contributed by atoms with van der Waals surface area (Å²) in [6.45, 7) is 6.01. The molecule has 0 bridgehead atoms. The standard InChI is InChI=1S/C15H17ClN2O2S/c1-15(2,3)14-17-12(21-18-14)10(13(19)20)8-9-6-4-5-7-11(9)16/h4-7,10H,8H2,1-3H3,(H,19,20). The molecule has 6 heteroatoms. The van der Waals surface area contributed by atoms with Crippen LogP contribution in [0.15, 0.2) is 24.3 Å². The number of halogens is 1. The number of carboxylic acid groups (broad SMARTS) is 1. The second-order valence-electron chi connectivity index (χ2n) is 5.89. The Bertz CT molecular complexity index is 649. The molecule has 2 aromatic rings. The number of hydrogen-bond acceptors (Lipinski definition) is 4. The molecule has 1 heterocycles. The highest BCUT2D eigenvalue weighted by atomic mass is 35.5. The third-order valence-electron chi connectivity index (χ3n) is 3.09. The summed E-state index contributed by atoms with van der Waals surface area (Å²) in [5, 5.41) is 10.6. The largest absolute Gasteiger partial charge is 0.481 e. The highest BCUT2D eigenvalue weighted by molar-refractivity contribution is 7.05. The maximum absolute atomic E-state index is 11.6. The summed E-state index contributed by atoms with van der Waals surface area (Å²) in [6, 6.07) is 7.27. The summed E-state index contributed by atoms with van der Waals surface area (Å²) in [4.78, 5) is 16.0. The van der Waals surface area contributed by atoms with Gasteiger partial charge in [0.1, 0.15) is 16.7 Å². The molecule has 1 atom stereocenters. The third-order valence-corrected chi connectivity index (χ3v) is 4.29. The number of rotatable bonds is 4. The van der Waals surface area contributed by atoms with Crippen LogP contribution in [0.5, 0.6) is 0 Å². The fourth-order valence-electron chi connectivity index (χ4n) is 1.85. The summed E-state index contributed by atoms with van der Waals surface area (Å²) in [6.07, 6.45) is 0.313. The molecule has 0 fully saturated rings. The minimum atomic E-state index is -0.911. The number of aromatic nitrogens is 2. The van der Waals surface area contributed by atoms with E-state index in [0.717, 1.165) is 17.1 Å². The molecule has 0 aliphatic heterocycles. The van der Waals surface area contributed by atoms with Gasteiger partial charge in [0, 0.05) is 10.4 Å². The summed E-state index contributed by atoms with van der Waals surface area (Å²) >= 11 is 7.27. The van der Waals surface area contributed by atoms with Gasteiger partial charge in [0.25, 0.3) is 0 Å². The molecule has 21 heavy (non-hydrogen) atoms. The Kier molecular flexibility index (Phi) is 4.64. The Morgan fingerprint density at radius 1 is 1.38 bits per heavy atom. The summed E-state index contributed by atoms with van der Waals surface area (Å²) in [7, 11) is 0. The number of nitrogens with zero attached hydrogens (tertiary/aromatic N) is 2. The molecule has 112 valence electrons. The monoisotopic (exact) mass is 324 g/mol. The van der Waals surface area contributed by atoms with Gasteiger partial charge in [-0.05, 0) is 29.6 Å². The first-order valence-electron chi connectivity index (χ1n) is 6.59. The Morgan fingerprint density at radius 3 is 2.57 bits per heavy atom. The van der Waals surface area contributed by atoms with Crippen LogP contribution in [-0.4, -0.2) is 20.4 Å². The lowest BCUT2D eigenvalue weighted by Crippen LogP contribution is -2.17. The maximum Gasteiger partial charge on any atom is 0.313 e. The van der Waals surface area contributed by atoms with Gasteiger partial charge in [0.2, 0.25) is 0 Å². The molecule has 0 saturated carbocycles. The number of carboxylic acids is 1. The zero-order valence-corrected chi connectivity index (χ0v) is 13.7. The lowest BCUT2D eigenvalue weighted by atomic mass is 9.95. The van der Waals surface area contributed by atoms with Crippen LogP contribution < -0.4 is 0 Å². The molecular weight excluding hydrogens is 308 g/mol. The first-order valence-corrected chi connectivity index (χ1v) is 7.74. The average Bonchev–Trinajstić information content (AvgIpc) is 2.86. The average molecular weight is 325 g/mol. The quantitative estimate of drug-likeness (QED) is 0.926. The van der Waals surface area contributed by atoms with E-state index in [4.69, 9.17) is 11.6 Å². The molecule has 1 aromatic heterocycles. The molecule has 4 nitrogen and oxygen atoms in total. The smallest absolute Gasteiger partial charge is 0.313 e. The van der Waals surface area contributed by atoms with Crippen molar-refractivity contribution in [2.45, 2.75) is 38.5 Å². The van der Waals surface area contributed by atoms with Crippen molar-refractivity contribution in [2.75, 3.05) is 0 Å². The van der Waals surface area contributed by atoms with Crippen LogP contribution >= 0.6 is 23.1 Å². The van der Waals surface area contributed by atoms with E-state index in [9.17, 15) is 9.90 Å². The van der Waals surface area contributed by atoms with E-state index < -0.39 is 11.9 Å². The van der Waals surface area contributed by atoms with Crippen LogP contribution in [0.2, 0.25) is 5.02 Å². The van der Waals surface area contributed by atoms with Gasteiger partial charge in [0.15, 0.2) is 0 Å². The lowest BCUT2D eigenvalue weighted by Gasteiger charge is -2.13. The third kappa shape index (κ3) is 3.80. The Balaban J connectivity index is 2.30. The van der Waals surface area contributed by atoms with Crippen molar-refractivity contribution in [1.82, 2.24) is 9.36 Å². The molecule has 2 rings (SSSR count). The van der Waals surface area contributed by atoms with E-state index in [-0.39, 0.29) is 5.41 Å². The van der Waals surface area contributed by atoms with Crippen molar-refractivity contribution in [3.8, 4) is 0 Å². The fraction of sp³-hybridized carbons (Fsp3) is 0.400. The van der Waals surface area contributed by atoms with Gasteiger partial charge in [-0.15, -0.1) is 0 Å². The normalized spacial score (nSPS) is 13.1. The molecular formula is C15H17ClN2O2S. The zero-order valence-electron chi connectivity index (χ0n) is 12.1. The number of carbonyl (C=O) groups is 1. The van der Waals surface area contributed by atoms with Crippen LogP contribution in [0, 0.1) is 0 Å². The minimum absolute atomic E-state index is 0.192. The summed E-state index contributed by atoms with van der Waals surface area (Å²) in [5.74, 6) is -0.960. The van der Waals surface area contributed by atoms with Gasteiger partial charge >= 0.3 is 5.97 Å². The van der Waals surface area contributed by atoms with Crippen LogP contribution in [0.25, 0.3) is 0 Å². The highest BCUT2D eigenvalue weighted by Gasteiger charge is 2.28. The zero-order chi connectivity index (χ0) is 15.6. The highest BCUT2D eigenvalue weighted by Crippen LogP contribution is 2.29. The first-order chi connectivity index (χ1) is 9.79. The fourth-order valence-corrected chi connectivity index (χ4v) is 2.99. The van der Waals surface area contributed by atoms with Crippen molar-refractivity contribution in [1.29, 1.82) is 0 Å². The van der Waals surface area contributed by atoms with Crippen LogP contribution in [-0.2, 0) is 16.6 Å². The van der Waals surface area contributed by atoms with E-state index in [0.29, 0.717) is 22.3 Å². The number of aliphatic carboxylic acids is 1. The van der Waals surface area contributed by atoms with Gasteiger partial charge in [-0.25, -0.2) is 4.98 Å². The molecule has 0 radical (unpaired) electrons. The molecule has 1 N–H and O–H groups in total. The maximum atomic E-state index is 11.6. The minimum Gasteiger partial charge on any atom is -0.481 e. The van der Waals surface area contributed by atoms with Gasteiger partial charge in [0.05, 0.1) is 0 Å². The van der Waals surface area contributed by atoms with E-state index in [1.54, 1.807) is 6.07 Å². The summed E-state index contributed by atoms with van der Waals surface area (Å²) < 4.78 is 4.29. The van der Waals surface area contributed by atoms with Crippen molar-refractivity contribution < 1.29 is 9.90 Å². The van der Waals surface area contributed by atoms with Crippen molar-refractivity contribution >= 4 is 29.1 Å². The van der Waals surface area contributed by atoms with E-state index in [2.05, 4.69) is 9.36 Å². The SMILES string of the molecule is CC(C)(C)c1nsc(C(Cc2ccccc2Cl)C(=O)O)n1. The molecule has 1 aromatic carbocycles. The van der Waals surface area contributed by atoms with E-state index in [1.807, 2.05) is 39.0 Å². The molecule has 0 saturated heterocycles. The van der Waals surface area contributed by atoms with Crippen LogP contribution in [0.1, 0.15) is 43.1 Å². The second kappa shape index (κ2) is 6.12. The second-order valence-corrected chi connectivity index (χ2v) is 7.08. The van der Waals surface area contributed by atoms with Crippen molar-refractivity contribution in [3.05, 3.63) is 45.7 Å². The van der Waals surface area contributed by atoms with Gasteiger partial charge < -0.3 is 5.11 Å². The molecule has 0 aliphatic rings. The molecule has 0 amide bonds. The van der Waals surface area contributed by atoms with Crippen LogP contribution in [0.3, 0.4) is 0 Å². The lowest BCUT2D eigenvalue weighted by molar-refractivity contribution is -0.138. The van der Waals surface area contributed by atoms with E-state index in [1.165, 1.54) is 0 Å². The Hall–Kier alpha value is -1.46. The van der Waals surface area contributed by atoms with Crippen LogP contribution in [0.4, 0.5) is 0 Å². The van der Waals surface area contributed by atoms with Crippen molar-refractivity contribution in [3.63, 3.8) is 0 Å². The Labute approximate surface area is 133 Å². The molecule has 1 unspecified atom stereocenters. The topological polar surface area (TPSA) is 63.1 Å². The van der Waals surface area contributed by atoms with Crippen molar-refractivity contribution in [2.24, 2.45) is 0 Å². The molecule has 0 spiro atoms. The predicted molar refractivity (Wildman–Crippen MR) is 84.1 cm³/mol. The number of benzene rings is 1. The van der Waals surface area contributed by atoms with Gasteiger partial charge in [-0.1, -0.05) is 50.6 Å². The van der Waals surface area contributed by atoms with E-state index >= 15 is 0 Å².